The van der Waals surface area contributed by atoms with Gasteiger partial charge in [-0.2, -0.15) is 4.72 Å². The minimum Gasteiger partial charge on any atom is -0.465 e. The van der Waals surface area contributed by atoms with E-state index in [4.69, 9.17) is 27.9 Å². The fourth-order valence-corrected chi connectivity index (χ4v) is 3.68. The van der Waals surface area contributed by atoms with Crippen LogP contribution < -0.4 is 4.72 Å². The first-order valence-corrected chi connectivity index (χ1v) is 9.75. The summed E-state index contributed by atoms with van der Waals surface area (Å²) >= 11 is 11.8. The normalized spacial score (nSPS) is 11.1. The third-order valence-corrected chi connectivity index (χ3v) is 5.44. The second-order valence-corrected chi connectivity index (χ2v) is 7.79. The van der Waals surface area contributed by atoms with Gasteiger partial charge in [0.2, 0.25) is 10.0 Å². The third kappa shape index (κ3) is 5.67. The van der Waals surface area contributed by atoms with Crippen LogP contribution in [0.1, 0.15) is 15.9 Å². The molecule has 0 radical (unpaired) electrons. The van der Waals surface area contributed by atoms with Crippen molar-refractivity contribution in [2.75, 3.05) is 13.7 Å². The van der Waals surface area contributed by atoms with E-state index in [1.54, 1.807) is 12.1 Å². The highest BCUT2D eigenvalue weighted by Gasteiger charge is 2.23. The monoisotopic (exact) mass is 431 g/mol. The van der Waals surface area contributed by atoms with E-state index in [0.717, 1.165) is 7.11 Å². The fraction of sp³-hybridized carbons (Fsp3) is 0.176. The average molecular weight is 432 g/mol. The second kappa shape index (κ2) is 9.18. The Labute approximate surface area is 166 Å². The van der Waals surface area contributed by atoms with Gasteiger partial charge in [-0.25, -0.2) is 13.2 Å². The molecule has 0 amide bonds. The molecule has 0 spiro atoms. The van der Waals surface area contributed by atoms with Crippen molar-refractivity contribution in [3.05, 3.63) is 63.6 Å². The van der Waals surface area contributed by atoms with Crippen molar-refractivity contribution < 1.29 is 27.5 Å². The quantitative estimate of drug-likeness (QED) is 0.676. The molecule has 0 saturated heterocycles. The maximum atomic E-state index is 12.4. The van der Waals surface area contributed by atoms with Crippen LogP contribution in [-0.4, -0.2) is 34.0 Å². The van der Waals surface area contributed by atoms with Gasteiger partial charge in [-0.3, -0.25) is 4.79 Å². The summed E-state index contributed by atoms with van der Waals surface area (Å²) in [6, 6.07) is 10.2. The van der Waals surface area contributed by atoms with Gasteiger partial charge in [0.1, 0.15) is 13.2 Å². The lowest BCUT2D eigenvalue weighted by Gasteiger charge is -2.11. The molecule has 2 aromatic carbocycles. The van der Waals surface area contributed by atoms with E-state index in [2.05, 4.69) is 9.46 Å². The van der Waals surface area contributed by atoms with Gasteiger partial charge in [-0.1, -0.05) is 41.4 Å². The van der Waals surface area contributed by atoms with E-state index >= 15 is 0 Å². The van der Waals surface area contributed by atoms with Crippen molar-refractivity contribution in [2.45, 2.75) is 11.5 Å². The number of hydrogen-bond donors (Lipinski definition) is 1. The van der Waals surface area contributed by atoms with Gasteiger partial charge < -0.3 is 9.47 Å². The van der Waals surface area contributed by atoms with Crippen molar-refractivity contribution in [1.29, 1.82) is 0 Å². The summed E-state index contributed by atoms with van der Waals surface area (Å²) in [7, 11) is -3.00. The van der Waals surface area contributed by atoms with E-state index in [9.17, 15) is 18.0 Å². The summed E-state index contributed by atoms with van der Waals surface area (Å²) in [6.07, 6.45) is 0. The summed E-state index contributed by atoms with van der Waals surface area (Å²) in [6.45, 7) is -0.766. The van der Waals surface area contributed by atoms with Gasteiger partial charge >= 0.3 is 11.9 Å². The molecule has 0 aliphatic carbocycles. The molecule has 7 nitrogen and oxygen atoms in total. The van der Waals surface area contributed by atoms with E-state index < -0.39 is 28.5 Å². The molecule has 0 fully saturated rings. The smallest absolute Gasteiger partial charge is 0.339 e. The van der Waals surface area contributed by atoms with Crippen LogP contribution in [0.15, 0.2) is 47.4 Å². The van der Waals surface area contributed by atoms with Crippen molar-refractivity contribution in [1.82, 2.24) is 4.72 Å². The Morgan fingerprint density at radius 1 is 1.11 bits per heavy atom. The van der Waals surface area contributed by atoms with E-state index in [1.165, 1.54) is 30.3 Å². The first kappa shape index (κ1) is 21.2. The molecule has 144 valence electrons. The molecule has 0 aliphatic rings. The maximum Gasteiger partial charge on any atom is 0.339 e. The first-order chi connectivity index (χ1) is 12.7. The molecule has 1 N–H and O–H groups in total. The van der Waals surface area contributed by atoms with Crippen molar-refractivity contribution in [3.8, 4) is 0 Å². The lowest BCUT2D eigenvalue weighted by atomic mass is 10.2. The molecular formula is C17H15Cl2NO6S. The SMILES string of the molecule is COC(=O)c1ccccc1S(=O)(=O)NCC(=O)OCc1ccc(Cl)cc1Cl. The van der Waals surface area contributed by atoms with Gasteiger partial charge in [0.15, 0.2) is 0 Å². The second-order valence-electron chi connectivity index (χ2n) is 5.21. The highest BCUT2D eigenvalue weighted by molar-refractivity contribution is 7.89. The number of hydrogen-bond acceptors (Lipinski definition) is 6. The summed E-state index contributed by atoms with van der Waals surface area (Å²) in [5, 5.41) is 0.759. The number of halogens is 2. The molecule has 0 heterocycles. The zero-order valence-corrected chi connectivity index (χ0v) is 16.4. The Morgan fingerprint density at radius 2 is 1.81 bits per heavy atom. The van der Waals surface area contributed by atoms with Crippen LogP contribution in [0.5, 0.6) is 0 Å². The molecule has 10 heteroatoms. The number of methoxy groups -OCH3 is 1. The van der Waals surface area contributed by atoms with Crippen LogP contribution in [-0.2, 0) is 30.9 Å². The number of carbonyl (C=O) groups excluding carboxylic acids is 2. The number of esters is 2. The number of sulfonamides is 1. The number of ether oxygens (including phenoxy) is 2. The predicted octanol–water partition coefficient (Wildman–Crippen LogP) is 2.80. The number of rotatable bonds is 7. The third-order valence-electron chi connectivity index (χ3n) is 3.39. The van der Waals surface area contributed by atoms with Crippen LogP contribution in [0.3, 0.4) is 0 Å². The lowest BCUT2D eigenvalue weighted by Crippen LogP contribution is -2.31. The summed E-state index contributed by atoms with van der Waals surface area (Å²) in [5.74, 6) is -1.63. The highest BCUT2D eigenvalue weighted by Crippen LogP contribution is 2.21. The Balaban J connectivity index is 2.01. The molecule has 0 saturated carbocycles. The zero-order chi connectivity index (χ0) is 20.0. The van der Waals surface area contributed by atoms with Crippen LogP contribution in [0.4, 0.5) is 0 Å². The van der Waals surface area contributed by atoms with E-state index in [1.807, 2.05) is 0 Å². The Morgan fingerprint density at radius 3 is 2.48 bits per heavy atom. The molecule has 2 rings (SSSR count). The van der Waals surface area contributed by atoms with Crippen molar-refractivity contribution >= 4 is 45.2 Å². The molecule has 0 aromatic heterocycles. The molecule has 0 atom stereocenters. The molecule has 0 aliphatic heterocycles. The van der Waals surface area contributed by atoms with Crippen LogP contribution >= 0.6 is 23.2 Å². The zero-order valence-electron chi connectivity index (χ0n) is 14.1. The first-order valence-electron chi connectivity index (χ1n) is 7.51. The van der Waals surface area contributed by atoms with Crippen LogP contribution in [0.2, 0.25) is 10.0 Å². The molecule has 0 unspecified atom stereocenters. The predicted molar refractivity (Wildman–Crippen MR) is 99.2 cm³/mol. The van der Waals surface area contributed by atoms with Crippen LogP contribution in [0, 0.1) is 0 Å². The standard InChI is InChI=1S/C17H15Cl2NO6S/c1-25-17(22)13-4-2-3-5-15(13)27(23,24)20-9-16(21)26-10-11-6-7-12(18)8-14(11)19/h2-8,20H,9-10H2,1H3. The minimum atomic E-state index is -4.13. The Hall–Kier alpha value is -2.13. The number of benzene rings is 2. The molecule has 0 bridgehead atoms. The number of nitrogens with one attached hydrogen (secondary N) is 1. The molecular weight excluding hydrogens is 417 g/mol. The van der Waals surface area contributed by atoms with Crippen molar-refractivity contribution in [3.63, 3.8) is 0 Å². The van der Waals surface area contributed by atoms with Gasteiger partial charge in [0.05, 0.1) is 17.6 Å². The average Bonchev–Trinajstić information content (AvgIpc) is 2.65. The number of carbonyl (C=O) groups is 2. The summed E-state index contributed by atoms with van der Waals surface area (Å²) in [4.78, 5) is 23.2. The largest absolute Gasteiger partial charge is 0.465 e. The van der Waals surface area contributed by atoms with Gasteiger partial charge in [-0.15, -0.1) is 0 Å². The van der Waals surface area contributed by atoms with Gasteiger partial charge in [0.25, 0.3) is 0 Å². The van der Waals surface area contributed by atoms with Gasteiger partial charge in [0, 0.05) is 15.6 Å². The topological polar surface area (TPSA) is 98.8 Å². The lowest BCUT2D eigenvalue weighted by molar-refractivity contribution is -0.143. The fourth-order valence-electron chi connectivity index (χ4n) is 2.06. The maximum absolute atomic E-state index is 12.4. The van der Waals surface area contributed by atoms with E-state index in [0.29, 0.717) is 15.6 Å². The highest BCUT2D eigenvalue weighted by atomic mass is 35.5. The molecule has 2 aromatic rings. The van der Waals surface area contributed by atoms with Crippen molar-refractivity contribution in [2.24, 2.45) is 0 Å². The minimum absolute atomic E-state index is 0.144. The Kier molecular flexibility index (Phi) is 7.20. The summed E-state index contributed by atoms with van der Waals surface area (Å²) in [5.41, 5.74) is 0.377. The van der Waals surface area contributed by atoms with E-state index in [-0.39, 0.29) is 17.1 Å². The summed E-state index contributed by atoms with van der Waals surface area (Å²) < 4.78 is 36.4. The Bertz CT molecular complexity index is 962. The van der Waals surface area contributed by atoms with Gasteiger partial charge in [-0.05, 0) is 24.3 Å². The molecule has 27 heavy (non-hydrogen) atoms. The van der Waals surface area contributed by atoms with Crippen LogP contribution in [0.25, 0.3) is 0 Å².